The summed E-state index contributed by atoms with van der Waals surface area (Å²) in [6, 6.07) is 7.25. The van der Waals surface area contributed by atoms with Gasteiger partial charge in [-0.3, -0.25) is 10.1 Å². The Balaban J connectivity index is 2.27. The van der Waals surface area contributed by atoms with Crippen molar-refractivity contribution in [2.75, 3.05) is 27.2 Å². The third kappa shape index (κ3) is 6.31. The minimum atomic E-state index is -0.370. The molecule has 0 aliphatic rings. The van der Waals surface area contributed by atoms with E-state index in [4.69, 9.17) is 0 Å². The van der Waals surface area contributed by atoms with E-state index in [9.17, 15) is 10.1 Å². The molecule has 1 N–H and O–H groups in total. The summed E-state index contributed by atoms with van der Waals surface area (Å²) in [5.74, 6) is 0. The van der Waals surface area contributed by atoms with Gasteiger partial charge >= 0.3 is 0 Å². The second-order valence-corrected chi connectivity index (χ2v) is 5.12. The molecule has 0 aliphatic carbocycles. The molecule has 1 aromatic rings. The van der Waals surface area contributed by atoms with Crippen LogP contribution < -0.4 is 5.32 Å². The Morgan fingerprint density at radius 2 is 1.95 bits per heavy atom. The van der Waals surface area contributed by atoms with Crippen molar-refractivity contribution in [2.24, 2.45) is 0 Å². The largest absolute Gasteiger partial charge is 0.314 e. The molecule has 0 spiro atoms. The molecule has 0 heterocycles. The van der Waals surface area contributed by atoms with Gasteiger partial charge in [-0.15, -0.1) is 0 Å². The van der Waals surface area contributed by atoms with Crippen LogP contribution in [0.5, 0.6) is 0 Å². The first-order chi connectivity index (χ1) is 8.99. The van der Waals surface area contributed by atoms with Crippen molar-refractivity contribution in [3.05, 3.63) is 39.9 Å². The molecule has 5 nitrogen and oxygen atoms in total. The maximum Gasteiger partial charge on any atom is 0.269 e. The highest BCUT2D eigenvalue weighted by Crippen LogP contribution is 2.11. The average Bonchev–Trinajstić information content (AvgIpc) is 2.37. The Morgan fingerprint density at radius 3 is 2.47 bits per heavy atom. The van der Waals surface area contributed by atoms with E-state index >= 15 is 0 Å². The van der Waals surface area contributed by atoms with Crippen molar-refractivity contribution in [3.8, 4) is 0 Å². The van der Waals surface area contributed by atoms with Crippen molar-refractivity contribution in [1.82, 2.24) is 10.2 Å². The standard InChI is InChI=1S/C14H23N3O2/c1-12(9-11-16(2)3)15-10-8-13-4-6-14(7-5-13)17(18)19/h4-7,12,15H,8-11H2,1-3H3. The maximum atomic E-state index is 10.5. The monoisotopic (exact) mass is 265 g/mol. The molecule has 0 saturated heterocycles. The van der Waals surface area contributed by atoms with E-state index in [1.807, 2.05) is 12.1 Å². The van der Waals surface area contributed by atoms with Crippen LogP contribution >= 0.6 is 0 Å². The van der Waals surface area contributed by atoms with Crippen molar-refractivity contribution in [1.29, 1.82) is 0 Å². The maximum absolute atomic E-state index is 10.5. The number of non-ortho nitro benzene ring substituents is 1. The molecule has 19 heavy (non-hydrogen) atoms. The van der Waals surface area contributed by atoms with Crippen molar-refractivity contribution in [3.63, 3.8) is 0 Å². The summed E-state index contributed by atoms with van der Waals surface area (Å²) in [6.45, 7) is 4.15. The van der Waals surface area contributed by atoms with Crippen LogP contribution in [0, 0.1) is 10.1 Å². The fourth-order valence-electron chi connectivity index (χ4n) is 1.80. The predicted octanol–water partition coefficient (Wildman–Crippen LogP) is 2.07. The summed E-state index contributed by atoms with van der Waals surface area (Å²) in [7, 11) is 4.15. The lowest BCUT2D eigenvalue weighted by molar-refractivity contribution is -0.384. The topological polar surface area (TPSA) is 58.4 Å². The van der Waals surface area contributed by atoms with Crippen LogP contribution in [0.4, 0.5) is 5.69 Å². The molecule has 0 aliphatic heterocycles. The van der Waals surface area contributed by atoms with Gasteiger partial charge in [-0.2, -0.15) is 0 Å². The first kappa shape index (κ1) is 15.6. The lowest BCUT2D eigenvalue weighted by Crippen LogP contribution is -2.31. The third-order valence-electron chi connectivity index (χ3n) is 3.06. The van der Waals surface area contributed by atoms with Crippen molar-refractivity contribution < 1.29 is 4.92 Å². The number of nitro groups is 1. The highest BCUT2D eigenvalue weighted by Gasteiger charge is 2.05. The van der Waals surface area contributed by atoms with E-state index in [1.165, 1.54) is 0 Å². The van der Waals surface area contributed by atoms with Gasteiger partial charge in [0.05, 0.1) is 4.92 Å². The smallest absolute Gasteiger partial charge is 0.269 e. The van der Waals surface area contributed by atoms with E-state index in [1.54, 1.807) is 12.1 Å². The van der Waals surface area contributed by atoms with Gasteiger partial charge in [0, 0.05) is 18.2 Å². The average molecular weight is 265 g/mol. The Bertz CT molecular complexity index is 390. The molecule has 0 bridgehead atoms. The van der Waals surface area contributed by atoms with Crippen LogP contribution in [0.2, 0.25) is 0 Å². The van der Waals surface area contributed by atoms with E-state index < -0.39 is 0 Å². The number of hydrogen-bond donors (Lipinski definition) is 1. The quantitative estimate of drug-likeness (QED) is 0.577. The number of benzene rings is 1. The van der Waals surface area contributed by atoms with Gasteiger partial charge in [-0.25, -0.2) is 0 Å². The Morgan fingerprint density at radius 1 is 1.32 bits per heavy atom. The molecule has 5 heteroatoms. The molecule has 106 valence electrons. The molecular weight excluding hydrogens is 242 g/mol. The minimum absolute atomic E-state index is 0.149. The van der Waals surface area contributed by atoms with Gasteiger partial charge in [0.25, 0.3) is 5.69 Å². The summed E-state index contributed by atoms with van der Waals surface area (Å²) < 4.78 is 0. The van der Waals surface area contributed by atoms with Crippen molar-refractivity contribution >= 4 is 5.69 Å². The van der Waals surface area contributed by atoms with Gasteiger partial charge in [-0.05, 0) is 52.5 Å². The van der Waals surface area contributed by atoms with E-state index in [-0.39, 0.29) is 10.6 Å². The molecule has 0 amide bonds. The Kier molecular flexibility index (Phi) is 6.45. The molecule has 1 rings (SSSR count). The third-order valence-corrected chi connectivity index (χ3v) is 3.06. The Labute approximate surface area is 114 Å². The first-order valence-electron chi connectivity index (χ1n) is 6.60. The lowest BCUT2D eigenvalue weighted by Gasteiger charge is -2.16. The zero-order valence-corrected chi connectivity index (χ0v) is 11.9. The summed E-state index contributed by atoms with van der Waals surface area (Å²) in [5.41, 5.74) is 1.27. The highest BCUT2D eigenvalue weighted by atomic mass is 16.6. The first-order valence-corrected chi connectivity index (χ1v) is 6.60. The fourth-order valence-corrected chi connectivity index (χ4v) is 1.80. The predicted molar refractivity (Wildman–Crippen MR) is 77.4 cm³/mol. The van der Waals surface area contributed by atoms with E-state index in [0.717, 1.165) is 31.5 Å². The van der Waals surface area contributed by atoms with Gasteiger partial charge in [0.15, 0.2) is 0 Å². The van der Waals surface area contributed by atoms with Crippen LogP contribution in [-0.4, -0.2) is 43.0 Å². The van der Waals surface area contributed by atoms with Crippen LogP contribution in [-0.2, 0) is 6.42 Å². The zero-order chi connectivity index (χ0) is 14.3. The second-order valence-electron chi connectivity index (χ2n) is 5.12. The Hall–Kier alpha value is -1.46. The number of nitro benzene ring substituents is 1. The van der Waals surface area contributed by atoms with Gasteiger partial charge in [0.1, 0.15) is 0 Å². The molecule has 0 fully saturated rings. The number of hydrogen-bond acceptors (Lipinski definition) is 4. The normalized spacial score (nSPS) is 12.6. The molecule has 1 unspecified atom stereocenters. The van der Waals surface area contributed by atoms with Crippen LogP contribution in [0.3, 0.4) is 0 Å². The molecule has 1 aromatic carbocycles. The van der Waals surface area contributed by atoms with Crippen LogP contribution in [0.1, 0.15) is 18.9 Å². The lowest BCUT2D eigenvalue weighted by atomic mass is 10.1. The summed E-state index contributed by atoms with van der Waals surface area (Å²) >= 11 is 0. The van der Waals surface area contributed by atoms with Crippen LogP contribution in [0.15, 0.2) is 24.3 Å². The second kappa shape index (κ2) is 7.86. The van der Waals surface area contributed by atoms with E-state index in [0.29, 0.717) is 6.04 Å². The van der Waals surface area contributed by atoms with Gasteiger partial charge < -0.3 is 10.2 Å². The fraction of sp³-hybridized carbons (Fsp3) is 0.571. The van der Waals surface area contributed by atoms with Crippen LogP contribution in [0.25, 0.3) is 0 Å². The van der Waals surface area contributed by atoms with Gasteiger partial charge in [-0.1, -0.05) is 12.1 Å². The van der Waals surface area contributed by atoms with E-state index in [2.05, 4.69) is 31.2 Å². The zero-order valence-electron chi connectivity index (χ0n) is 11.9. The molecule has 1 atom stereocenters. The van der Waals surface area contributed by atoms with Crippen molar-refractivity contribution in [2.45, 2.75) is 25.8 Å². The molecular formula is C14H23N3O2. The molecule has 0 saturated carbocycles. The number of rotatable bonds is 8. The number of nitrogens with one attached hydrogen (secondary N) is 1. The molecule has 0 aromatic heterocycles. The summed E-state index contributed by atoms with van der Waals surface area (Å²) in [6.07, 6.45) is 2.01. The van der Waals surface area contributed by atoms with Gasteiger partial charge in [0.2, 0.25) is 0 Å². The highest BCUT2D eigenvalue weighted by molar-refractivity contribution is 5.32. The summed E-state index contributed by atoms with van der Waals surface area (Å²) in [5, 5.41) is 14.0. The summed E-state index contributed by atoms with van der Waals surface area (Å²) in [4.78, 5) is 12.3. The SMILES string of the molecule is CC(CCN(C)C)NCCc1ccc([N+](=O)[O-])cc1. The minimum Gasteiger partial charge on any atom is -0.314 e. The molecule has 0 radical (unpaired) electrons. The number of nitrogens with zero attached hydrogens (tertiary/aromatic N) is 2.